The smallest absolute Gasteiger partial charge is 0.231 e. The van der Waals surface area contributed by atoms with Crippen LogP contribution in [0.4, 0.5) is 0 Å². The van der Waals surface area contributed by atoms with Crippen LogP contribution < -0.4 is 14.8 Å². The van der Waals surface area contributed by atoms with Crippen LogP contribution in [-0.4, -0.2) is 19.3 Å². The van der Waals surface area contributed by atoms with Crippen molar-refractivity contribution in [1.29, 1.82) is 0 Å². The zero-order chi connectivity index (χ0) is 17.4. The summed E-state index contributed by atoms with van der Waals surface area (Å²) >= 11 is 1.67. The van der Waals surface area contributed by atoms with E-state index in [1.54, 1.807) is 11.3 Å². The highest BCUT2D eigenvalue weighted by Crippen LogP contribution is 2.36. The molecule has 0 radical (unpaired) electrons. The third-order valence-electron chi connectivity index (χ3n) is 4.68. The highest BCUT2D eigenvalue weighted by atomic mass is 32.1. The van der Waals surface area contributed by atoms with Gasteiger partial charge in [-0.1, -0.05) is 6.07 Å². The van der Waals surface area contributed by atoms with Crippen molar-refractivity contribution in [2.24, 2.45) is 0 Å². The lowest BCUT2D eigenvalue weighted by molar-refractivity contribution is -0.126. The predicted octanol–water partition coefficient (Wildman–Crippen LogP) is 3.53. The molecule has 25 heavy (non-hydrogen) atoms. The van der Waals surface area contributed by atoms with Crippen molar-refractivity contribution in [3.05, 3.63) is 45.6 Å². The third-order valence-corrected chi connectivity index (χ3v) is 5.73. The van der Waals surface area contributed by atoms with Crippen molar-refractivity contribution in [2.75, 3.05) is 13.4 Å². The number of amides is 1. The van der Waals surface area contributed by atoms with Gasteiger partial charge in [0.05, 0.1) is 18.6 Å². The monoisotopic (exact) mass is 359 g/mol. The summed E-state index contributed by atoms with van der Waals surface area (Å²) in [5, 5.41) is 5.19. The summed E-state index contributed by atoms with van der Waals surface area (Å²) in [4.78, 5) is 13.8. The minimum absolute atomic E-state index is 0.0195. The van der Waals surface area contributed by atoms with Crippen LogP contribution in [-0.2, 0) is 21.5 Å². The number of rotatable bonds is 4. The first-order valence-corrected chi connectivity index (χ1v) is 9.30. The molecule has 0 aliphatic carbocycles. The fourth-order valence-electron chi connectivity index (χ4n) is 3.30. The summed E-state index contributed by atoms with van der Waals surface area (Å²) in [5.74, 6) is 1.44. The first kappa shape index (κ1) is 16.4. The van der Waals surface area contributed by atoms with E-state index in [2.05, 4.69) is 16.8 Å². The van der Waals surface area contributed by atoms with Crippen LogP contribution in [0.5, 0.6) is 11.5 Å². The molecule has 1 atom stereocenters. The van der Waals surface area contributed by atoms with Gasteiger partial charge in [0, 0.05) is 4.88 Å². The molecule has 3 heterocycles. The molecule has 4 rings (SSSR count). The van der Waals surface area contributed by atoms with E-state index in [9.17, 15) is 4.79 Å². The second-order valence-electron chi connectivity index (χ2n) is 6.86. The first-order valence-electron chi connectivity index (χ1n) is 8.42. The van der Waals surface area contributed by atoms with Gasteiger partial charge >= 0.3 is 0 Å². The molecular weight excluding hydrogens is 338 g/mol. The van der Waals surface area contributed by atoms with Crippen molar-refractivity contribution in [1.82, 2.24) is 5.32 Å². The average Bonchev–Trinajstić information content (AvgIpc) is 3.23. The van der Waals surface area contributed by atoms with E-state index < -0.39 is 5.54 Å². The van der Waals surface area contributed by atoms with E-state index >= 15 is 0 Å². The molecule has 0 saturated heterocycles. The fourth-order valence-corrected chi connectivity index (χ4v) is 4.30. The number of carbonyl (C=O) groups is 1. The molecule has 0 bridgehead atoms. The Morgan fingerprint density at radius 2 is 2.12 bits per heavy atom. The number of benzene rings is 1. The molecule has 2 aliphatic rings. The summed E-state index contributed by atoms with van der Waals surface area (Å²) in [6.45, 7) is 4.89. The lowest BCUT2D eigenvalue weighted by Crippen LogP contribution is -2.41. The van der Waals surface area contributed by atoms with E-state index in [1.165, 1.54) is 10.4 Å². The number of fused-ring (bicyclic) bond motifs is 2. The topological polar surface area (TPSA) is 56.8 Å². The van der Waals surface area contributed by atoms with Crippen molar-refractivity contribution in [3.8, 4) is 11.5 Å². The zero-order valence-electron chi connectivity index (χ0n) is 14.3. The zero-order valence-corrected chi connectivity index (χ0v) is 15.2. The Kier molecular flexibility index (Phi) is 4.17. The molecule has 2 aromatic rings. The van der Waals surface area contributed by atoms with Crippen LogP contribution in [0, 0.1) is 0 Å². The Bertz CT molecular complexity index is 798. The summed E-state index contributed by atoms with van der Waals surface area (Å²) in [6.07, 6.45) is 1.12. The number of thiophene rings is 1. The minimum Gasteiger partial charge on any atom is -0.454 e. The quantitative estimate of drug-likeness (QED) is 0.907. The molecule has 2 aliphatic heterocycles. The van der Waals surface area contributed by atoms with Crippen molar-refractivity contribution in [3.63, 3.8) is 0 Å². The summed E-state index contributed by atoms with van der Waals surface area (Å²) < 4.78 is 16.6. The lowest BCUT2D eigenvalue weighted by atomic mass is 9.93. The van der Waals surface area contributed by atoms with Gasteiger partial charge < -0.3 is 19.5 Å². The number of ether oxygens (including phenoxy) is 3. The van der Waals surface area contributed by atoms with Gasteiger partial charge in [-0.3, -0.25) is 4.79 Å². The third kappa shape index (κ3) is 3.24. The molecule has 5 nitrogen and oxygen atoms in total. The van der Waals surface area contributed by atoms with Crippen molar-refractivity contribution < 1.29 is 19.0 Å². The molecule has 1 aromatic heterocycles. The highest BCUT2D eigenvalue weighted by molar-refractivity contribution is 7.10. The van der Waals surface area contributed by atoms with Gasteiger partial charge in [0.15, 0.2) is 11.5 Å². The molecule has 6 heteroatoms. The molecule has 1 amide bonds. The van der Waals surface area contributed by atoms with Crippen LogP contribution in [0.1, 0.15) is 42.4 Å². The molecule has 1 aromatic carbocycles. The van der Waals surface area contributed by atoms with Gasteiger partial charge in [-0.2, -0.15) is 0 Å². The second-order valence-corrected chi connectivity index (χ2v) is 7.81. The van der Waals surface area contributed by atoms with Crippen LogP contribution in [0.2, 0.25) is 0 Å². The molecule has 1 N–H and O–H groups in total. The largest absolute Gasteiger partial charge is 0.454 e. The maximum Gasteiger partial charge on any atom is 0.231 e. The highest BCUT2D eigenvalue weighted by Gasteiger charge is 2.29. The van der Waals surface area contributed by atoms with Gasteiger partial charge in [-0.05, 0) is 55.0 Å². The first-order chi connectivity index (χ1) is 12.0. The molecule has 0 spiro atoms. The summed E-state index contributed by atoms with van der Waals surface area (Å²) in [6, 6.07) is 7.90. The van der Waals surface area contributed by atoms with Gasteiger partial charge in [0.2, 0.25) is 12.7 Å². The normalized spacial score (nSPS) is 18.7. The molecule has 0 fully saturated rings. The van der Waals surface area contributed by atoms with Crippen molar-refractivity contribution >= 4 is 17.2 Å². The van der Waals surface area contributed by atoms with E-state index in [-0.39, 0.29) is 18.8 Å². The molecular formula is C19H21NO4S. The number of carbonyl (C=O) groups excluding carboxylic acids is 1. The Hall–Kier alpha value is -2.05. The van der Waals surface area contributed by atoms with Gasteiger partial charge in [0.25, 0.3) is 0 Å². The standard InChI is InChI=1S/C19H21NO4S/c1-19(2,13-3-4-14-15(9-13)24-11-23-14)20-17(21)10-16-18-12(5-7-22-16)6-8-25-18/h3-4,6,8-9,16H,5,7,10-11H2,1-2H3,(H,20,21). The molecule has 132 valence electrons. The van der Waals surface area contributed by atoms with E-state index in [4.69, 9.17) is 14.2 Å². The van der Waals surface area contributed by atoms with Gasteiger partial charge in [-0.15, -0.1) is 11.3 Å². The Morgan fingerprint density at radius 1 is 1.28 bits per heavy atom. The molecule has 1 unspecified atom stereocenters. The van der Waals surface area contributed by atoms with E-state index in [0.717, 1.165) is 23.5 Å². The lowest BCUT2D eigenvalue weighted by Gasteiger charge is -2.29. The Labute approximate surface area is 150 Å². The maximum absolute atomic E-state index is 12.6. The second kappa shape index (κ2) is 6.35. The van der Waals surface area contributed by atoms with Crippen molar-refractivity contribution in [2.45, 2.75) is 38.3 Å². The maximum atomic E-state index is 12.6. The fraction of sp³-hybridized carbons (Fsp3) is 0.421. The predicted molar refractivity (Wildman–Crippen MR) is 95.1 cm³/mol. The van der Waals surface area contributed by atoms with Gasteiger partial charge in [0.1, 0.15) is 6.10 Å². The summed E-state index contributed by atoms with van der Waals surface area (Å²) in [7, 11) is 0. The summed E-state index contributed by atoms with van der Waals surface area (Å²) in [5.41, 5.74) is 1.78. The van der Waals surface area contributed by atoms with Crippen LogP contribution in [0.3, 0.4) is 0 Å². The van der Waals surface area contributed by atoms with Crippen LogP contribution >= 0.6 is 11.3 Å². The number of nitrogens with one attached hydrogen (secondary N) is 1. The van der Waals surface area contributed by atoms with E-state index in [1.807, 2.05) is 32.0 Å². The van der Waals surface area contributed by atoms with Crippen LogP contribution in [0.25, 0.3) is 0 Å². The number of hydrogen-bond acceptors (Lipinski definition) is 5. The van der Waals surface area contributed by atoms with Gasteiger partial charge in [-0.25, -0.2) is 0 Å². The Balaban J connectivity index is 1.45. The minimum atomic E-state index is -0.509. The number of hydrogen-bond donors (Lipinski definition) is 1. The molecule has 0 saturated carbocycles. The SMILES string of the molecule is CC(C)(NC(=O)CC1OCCc2ccsc21)c1ccc2c(c1)OCO2. The Morgan fingerprint density at radius 3 is 3.00 bits per heavy atom. The van der Waals surface area contributed by atoms with Crippen LogP contribution in [0.15, 0.2) is 29.6 Å². The van der Waals surface area contributed by atoms with E-state index in [0.29, 0.717) is 13.0 Å². The average molecular weight is 359 g/mol.